The molecule has 3 aromatic heterocycles. The maximum Gasteiger partial charge on any atom is 0.275 e. The molecular formula is C34H28N8O2S. The van der Waals surface area contributed by atoms with E-state index in [0.717, 1.165) is 49.9 Å². The fraction of sp³-hybridized carbons (Fsp3) is 0.147. The summed E-state index contributed by atoms with van der Waals surface area (Å²) in [5.74, 6) is 0.547. The third-order valence-corrected chi connectivity index (χ3v) is 9.12. The first-order chi connectivity index (χ1) is 21.8. The van der Waals surface area contributed by atoms with E-state index in [1.165, 1.54) is 11.1 Å². The number of aliphatic imine (C=N–C) groups is 1. The summed E-state index contributed by atoms with van der Waals surface area (Å²) in [6.45, 7) is 6.08. The number of nitrogens with two attached hydrogens (primary N) is 1. The van der Waals surface area contributed by atoms with Crippen molar-refractivity contribution in [1.82, 2.24) is 24.7 Å². The zero-order chi connectivity index (χ0) is 31.2. The highest BCUT2D eigenvalue weighted by Crippen LogP contribution is 2.39. The lowest BCUT2D eigenvalue weighted by Crippen LogP contribution is -2.17. The van der Waals surface area contributed by atoms with Gasteiger partial charge in [-0.15, -0.1) is 21.5 Å². The maximum atomic E-state index is 13.0. The zero-order valence-electron chi connectivity index (χ0n) is 24.8. The van der Waals surface area contributed by atoms with Crippen LogP contribution in [0.1, 0.15) is 56.2 Å². The number of carbonyl (C=O) groups excluding carboxylic acids is 2. The van der Waals surface area contributed by atoms with Crippen molar-refractivity contribution < 1.29 is 9.59 Å². The molecule has 10 nitrogen and oxygen atoms in total. The number of primary amides is 1. The largest absolute Gasteiger partial charge is 0.370 e. The highest BCUT2D eigenvalue weighted by atomic mass is 32.1. The fourth-order valence-corrected chi connectivity index (χ4v) is 6.79. The standard InChI is InChI=1S/C34H28N8O2S/c1-18-19(2)45-34-30(18)31(39-27(16-29(35)43)32-41-40-20(3)42(32)34)22-13-11-21(12-14-22)23-7-6-8-24(15-23)37-33(44)28-17-36-25-9-4-5-10-26(25)38-28/h4-15,17,27H,16H2,1-3H3,(H2,35,43)(H,37,44)/t27-/m0/s1. The Kier molecular flexibility index (Phi) is 7.01. The van der Waals surface area contributed by atoms with Crippen LogP contribution < -0.4 is 11.1 Å². The summed E-state index contributed by atoms with van der Waals surface area (Å²) in [6, 6.07) is 22.6. The fourth-order valence-electron chi connectivity index (χ4n) is 5.57. The maximum absolute atomic E-state index is 13.0. The number of rotatable bonds is 6. The highest BCUT2D eigenvalue weighted by Gasteiger charge is 2.32. The predicted octanol–water partition coefficient (Wildman–Crippen LogP) is 5.88. The van der Waals surface area contributed by atoms with Gasteiger partial charge < -0.3 is 11.1 Å². The molecule has 4 heterocycles. The molecule has 0 saturated carbocycles. The van der Waals surface area contributed by atoms with Crippen LogP contribution in [-0.4, -0.2) is 42.3 Å². The van der Waals surface area contributed by atoms with E-state index in [2.05, 4.69) is 39.3 Å². The van der Waals surface area contributed by atoms with Crippen molar-refractivity contribution >= 4 is 45.6 Å². The molecular weight excluding hydrogens is 584 g/mol. The molecule has 6 aromatic rings. The Balaban J connectivity index is 1.20. The topological polar surface area (TPSA) is 141 Å². The van der Waals surface area contributed by atoms with Crippen molar-refractivity contribution in [2.45, 2.75) is 33.2 Å². The molecule has 0 aliphatic carbocycles. The van der Waals surface area contributed by atoms with E-state index in [4.69, 9.17) is 10.7 Å². The monoisotopic (exact) mass is 612 g/mol. The van der Waals surface area contributed by atoms with E-state index in [1.54, 1.807) is 11.3 Å². The first-order valence-corrected chi connectivity index (χ1v) is 15.2. The molecule has 11 heteroatoms. The molecule has 0 radical (unpaired) electrons. The van der Waals surface area contributed by atoms with E-state index in [0.29, 0.717) is 17.0 Å². The van der Waals surface area contributed by atoms with Crippen LogP contribution in [-0.2, 0) is 4.79 Å². The van der Waals surface area contributed by atoms with Crippen molar-refractivity contribution in [3.8, 4) is 16.1 Å². The lowest BCUT2D eigenvalue weighted by molar-refractivity contribution is -0.118. The Bertz CT molecular complexity index is 2160. The summed E-state index contributed by atoms with van der Waals surface area (Å²) in [5.41, 5.74) is 13.6. The minimum atomic E-state index is -0.565. The van der Waals surface area contributed by atoms with Gasteiger partial charge in [0.25, 0.3) is 5.91 Å². The Morgan fingerprint density at radius 2 is 1.67 bits per heavy atom. The summed E-state index contributed by atoms with van der Waals surface area (Å²) in [5, 5.41) is 12.6. The van der Waals surface area contributed by atoms with Crippen LogP contribution in [0.25, 0.3) is 27.2 Å². The Hall–Kier alpha value is -5.55. The van der Waals surface area contributed by atoms with Crippen LogP contribution in [0.2, 0.25) is 0 Å². The first kappa shape index (κ1) is 28.2. The number of amides is 2. The molecule has 2 amide bonds. The number of nitrogens with zero attached hydrogens (tertiary/aromatic N) is 6. The van der Waals surface area contributed by atoms with Crippen LogP contribution >= 0.6 is 11.3 Å². The van der Waals surface area contributed by atoms with E-state index >= 15 is 0 Å². The van der Waals surface area contributed by atoms with Crippen molar-refractivity contribution in [2.75, 3.05) is 5.32 Å². The van der Waals surface area contributed by atoms with E-state index in [-0.39, 0.29) is 18.0 Å². The smallest absolute Gasteiger partial charge is 0.275 e. The number of thiophene rings is 1. The van der Waals surface area contributed by atoms with Gasteiger partial charge in [-0.2, -0.15) is 0 Å². The normalized spacial score (nSPS) is 13.9. The number of anilines is 1. The Labute approximate surface area is 262 Å². The lowest BCUT2D eigenvalue weighted by Gasteiger charge is -2.12. The molecule has 0 unspecified atom stereocenters. The van der Waals surface area contributed by atoms with Gasteiger partial charge in [-0.05, 0) is 61.7 Å². The third kappa shape index (κ3) is 5.17. The molecule has 1 aliphatic heterocycles. The summed E-state index contributed by atoms with van der Waals surface area (Å²) in [4.78, 5) is 40.1. The summed E-state index contributed by atoms with van der Waals surface area (Å²) < 4.78 is 2.00. The van der Waals surface area contributed by atoms with Crippen LogP contribution in [0.15, 0.2) is 84.0 Å². The quantitative estimate of drug-likeness (QED) is 0.241. The second kappa shape index (κ2) is 11.2. The van der Waals surface area contributed by atoms with Crippen LogP contribution in [0.5, 0.6) is 0 Å². The number of para-hydroxylation sites is 2. The van der Waals surface area contributed by atoms with Crippen LogP contribution in [0.4, 0.5) is 5.69 Å². The zero-order valence-corrected chi connectivity index (χ0v) is 25.6. The van der Waals surface area contributed by atoms with Gasteiger partial charge in [-0.25, -0.2) is 4.98 Å². The van der Waals surface area contributed by atoms with Crippen LogP contribution in [0.3, 0.4) is 0 Å². The van der Waals surface area contributed by atoms with Gasteiger partial charge in [0.2, 0.25) is 5.91 Å². The summed E-state index contributed by atoms with van der Waals surface area (Å²) in [6.07, 6.45) is 1.51. The van der Waals surface area contributed by atoms with Crippen molar-refractivity contribution in [1.29, 1.82) is 0 Å². The van der Waals surface area contributed by atoms with Crippen molar-refractivity contribution in [3.63, 3.8) is 0 Å². The van der Waals surface area contributed by atoms with Gasteiger partial charge in [0, 0.05) is 21.7 Å². The molecule has 0 spiro atoms. The Morgan fingerprint density at radius 1 is 0.911 bits per heavy atom. The minimum absolute atomic E-state index is 0.0238. The lowest BCUT2D eigenvalue weighted by atomic mass is 9.97. The van der Waals surface area contributed by atoms with Crippen molar-refractivity contribution in [3.05, 3.63) is 118 Å². The van der Waals surface area contributed by atoms with Crippen LogP contribution in [0, 0.1) is 20.8 Å². The second-order valence-electron chi connectivity index (χ2n) is 10.9. The number of benzene rings is 3. The van der Waals surface area contributed by atoms with E-state index < -0.39 is 11.9 Å². The molecule has 1 atom stereocenters. The van der Waals surface area contributed by atoms with Gasteiger partial charge in [0.05, 0.1) is 29.4 Å². The number of nitrogens with one attached hydrogen (secondary N) is 1. The highest BCUT2D eigenvalue weighted by molar-refractivity contribution is 7.15. The van der Waals surface area contributed by atoms with E-state index in [9.17, 15) is 9.59 Å². The molecule has 3 N–H and O–H groups in total. The number of hydrogen-bond acceptors (Lipinski definition) is 8. The second-order valence-corrected chi connectivity index (χ2v) is 12.1. The molecule has 0 bridgehead atoms. The summed E-state index contributed by atoms with van der Waals surface area (Å²) in [7, 11) is 0. The van der Waals surface area contributed by atoms with Gasteiger partial charge in [-0.1, -0.05) is 48.5 Å². The van der Waals surface area contributed by atoms with Crippen molar-refractivity contribution in [2.24, 2.45) is 10.7 Å². The van der Waals surface area contributed by atoms with Gasteiger partial charge in [-0.3, -0.25) is 24.1 Å². The number of aromatic nitrogens is 5. The number of carbonyl (C=O) groups is 2. The average Bonchev–Trinajstić information content (AvgIpc) is 3.52. The molecule has 1 aliphatic rings. The van der Waals surface area contributed by atoms with Gasteiger partial charge in [0.15, 0.2) is 5.82 Å². The molecule has 3 aromatic carbocycles. The number of hydrogen-bond donors (Lipinski definition) is 2. The molecule has 0 saturated heterocycles. The molecule has 0 fully saturated rings. The van der Waals surface area contributed by atoms with Gasteiger partial charge in [0.1, 0.15) is 22.6 Å². The number of aryl methyl sites for hydroxylation is 2. The first-order valence-electron chi connectivity index (χ1n) is 14.4. The minimum Gasteiger partial charge on any atom is -0.370 e. The molecule has 45 heavy (non-hydrogen) atoms. The van der Waals surface area contributed by atoms with E-state index in [1.807, 2.05) is 84.3 Å². The SMILES string of the molecule is Cc1sc2c(c1C)C(c1ccc(-c3cccc(NC(=O)c4cnc5ccccc5n4)c3)cc1)=N[C@@H](CC(N)=O)c1nnc(C)n1-2. The van der Waals surface area contributed by atoms with Gasteiger partial charge >= 0.3 is 0 Å². The number of fused-ring (bicyclic) bond motifs is 4. The predicted molar refractivity (Wildman–Crippen MR) is 175 cm³/mol. The summed E-state index contributed by atoms with van der Waals surface area (Å²) >= 11 is 1.66. The molecule has 7 rings (SSSR count). The third-order valence-electron chi connectivity index (χ3n) is 7.93. The average molecular weight is 613 g/mol. The Morgan fingerprint density at radius 3 is 2.44 bits per heavy atom. The molecule has 222 valence electrons.